The lowest BCUT2D eigenvalue weighted by atomic mass is 10.1. The summed E-state index contributed by atoms with van der Waals surface area (Å²) in [4.78, 5) is 26.2. The van der Waals surface area contributed by atoms with E-state index >= 15 is 0 Å². The van der Waals surface area contributed by atoms with Crippen molar-refractivity contribution < 1.29 is 14.3 Å². The number of carbonyl (C=O) groups is 2. The molecule has 6 nitrogen and oxygen atoms in total. The van der Waals surface area contributed by atoms with Gasteiger partial charge in [-0.3, -0.25) is 4.79 Å². The zero-order valence-corrected chi connectivity index (χ0v) is 14.3. The molecule has 1 saturated heterocycles. The second kappa shape index (κ2) is 9.93. The molecular formula is C18H27N3O3. The Hall–Kier alpha value is -2.08. The number of likely N-dealkylation sites (tertiary alicyclic amines) is 1. The van der Waals surface area contributed by atoms with E-state index in [1.807, 2.05) is 11.8 Å². The first-order chi connectivity index (χ1) is 11.7. The van der Waals surface area contributed by atoms with Gasteiger partial charge in [0.15, 0.2) is 0 Å². The highest BCUT2D eigenvalue weighted by atomic mass is 16.5. The minimum absolute atomic E-state index is 0.0375. The third-order valence-electron chi connectivity index (χ3n) is 3.97. The van der Waals surface area contributed by atoms with Crippen LogP contribution in [-0.2, 0) is 4.74 Å². The van der Waals surface area contributed by atoms with Gasteiger partial charge in [0.1, 0.15) is 0 Å². The molecule has 0 unspecified atom stereocenters. The van der Waals surface area contributed by atoms with E-state index in [0.717, 1.165) is 32.4 Å². The van der Waals surface area contributed by atoms with Gasteiger partial charge in [0.25, 0.3) is 5.91 Å². The number of piperidine rings is 1. The summed E-state index contributed by atoms with van der Waals surface area (Å²) in [6, 6.07) is 6.84. The van der Waals surface area contributed by atoms with Crippen molar-refractivity contribution in [2.24, 2.45) is 0 Å². The van der Waals surface area contributed by atoms with Crippen molar-refractivity contribution in [3.8, 4) is 0 Å². The van der Waals surface area contributed by atoms with E-state index in [0.29, 0.717) is 31.0 Å². The molecule has 2 rings (SSSR count). The van der Waals surface area contributed by atoms with Gasteiger partial charge in [-0.15, -0.1) is 0 Å². The largest absolute Gasteiger partial charge is 0.382 e. The van der Waals surface area contributed by atoms with Gasteiger partial charge in [-0.25, -0.2) is 4.79 Å². The Morgan fingerprint density at radius 3 is 2.75 bits per heavy atom. The first-order valence-electron chi connectivity index (χ1n) is 8.72. The molecule has 0 aliphatic carbocycles. The highest BCUT2D eigenvalue weighted by molar-refractivity contribution is 5.96. The zero-order chi connectivity index (χ0) is 17.2. The average Bonchev–Trinajstić information content (AvgIpc) is 2.62. The summed E-state index contributed by atoms with van der Waals surface area (Å²) in [6.45, 7) is 5.45. The molecular weight excluding hydrogens is 306 g/mol. The SMILES string of the molecule is CCOCCCNC(=O)Nc1cccc(C(=O)N2CCCCC2)c1. The topological polar surface area (TPSA) is 70.7 Å². The molecule has 3 amide bonds. The molecule has 1 aliphatic heterocycles. The molecule has 0 saturated carbocycles. The molecule has 1 aromatic carbocycles. The molecule has 2 N–H and O–H groups in total. The van der Waals surface area contributed by atoms with Gasteiger partial charge in [0, 0.05) is 44.1 Å². The van der Waals surface area contributed by atoms with Crippen molar-refractivity contribution in [2.45, 2.75) is 32.6 Å². The standard InChI is InChI=1S/C18H27N3O3/c1-2-24-13-7-10-19-18(23)20-16-9-6-8-15(14-16)17(22)21-11-4-3-5-12-21/h6,8-9,14H,2-5,7,10-13H2,1H3,(H2,19,20,23). The van der Waals surface area contributed by atoms with Crippen LogP contribution in [0.15, 0.2) is 24.3 Å². The molecule has 0 aromatic heterocycles. The quantitative estimate of drug-likeness (QED) is 0.754. The van der Waals surface area contributed by atoms with Gasteiger partial charge in [-0.05, 0) is 50.8 Å². The molecule has 1 fully saturated rings. The molecule has 0 atom stereocenters. The van der Waals surface area contributed by atoms with Crippen molar-refractivity contribution in [1.29, 1.82) is 0 Å². The number of rotatable bonds is 7. The summed E-state index contributed by atoms with van der Waals surface area (Å²) in [7, 11) is 0. The monoisotopic (exact) mass is 333 g/mol. The Bertz CT molecular complexity index is 542. The molecule has 0 spiro atoms. The van der Waals surface area contributed by atoms with E-state index in [9.17, 15) is 9.59 Å². The normalized spacial score (nSPS) is 14.3. The van der Waals surface area contributed by atoms with Crippen LogP contribution in [0.4, 0.5) is 10.5 Å². The number of hydrogen-bond donors (Lipinski definition) is 2. The van der Waals surface area contributed by atoms with Crippen LogP contribution in [0.25, 0.3) is 0 Å². The Morgan fingerprint density at radius 1 is 1.21 bits per heavy atom. The van der Waals surface area contributed by atoms with Crippen LogP contribution in [-0.4, -0.2) is 49.7 Å². The molecule has 1 heterocycles. The van der Waals surface area contributed by atoms with Crippen LogP contribution < -0.4 is 10.6 Å². The lowest BCUT2D eigenvalue weighted by Gasteiger charge is -2.26. The van der Waals surface area contributed by atoms with Crippen LogP contribution in [0.5, 0.6) is 0 Å². The maximum Gasteiger partial charge on any atom is 0.319 e. The van der Waals surface area contributed by atoms with Crippen molar-refractivity contribution in [3.05, 3.63) is 29.8 Å². The number of ether oxygens (including phenoxy) is 1. The third-order valence-corrected chi connectivity index (χ3v) is 3.97. The predicted octanol–water partition coefficient (Wildman–Crippen LogP) is 2.86. The van der Waals surface area contributed by atoms with Gasteiger partial charge in [0.05, 0.1) is 0 Å². The lowest BCUT2D eigenvalue weighted by Crippen LogP contribution is -2.35. The van der Waals surface area contributed by atoms with Crippen molar-refractivity contribution in [2.75, 3.05) is 38.2 Å². The first-order valence-corrected chi connectivity index (χ1v) is 8.72. The van der Waals surface area contributed by atoms with Crippen LogP contribution in [0, 0.1) is 0 Å². The predicted molar refractivity (Wildman–Crippen MR) is 94.3 cm³/mol. The second-order valence-corrected chi connectivity index (χ2v) is 5.87. The molecule has 0 radical (unpaired) electrons. The number of nitrogens with one attached hydrogen (secondary N) is 2. The lowest BCUT2D eigenvalue weighted by molar-refractivity contribution is 0.0724. The highest BCUT2D eigenvalue weighted by Gasteiger charge is 2.18. The molecule has 1 aromatic rings. The number of nitrogens with zero attached hydrogens (tertiary/aromatic N) is 1. The zero-order valence-electron chi connectivity index (χ0n) is 14.3. The molecule has 0 bridgehead atoms. The summed E-state index contributed by atoms with van der Waals surface area (Å²) in [6.07, 6.45) is 4.09. The second-order valence-electron chi connectivity index (χ2n) is 5.87. The molecule has 24 heavy (non-hydrogen) atoms. The van der Waals surface area contributed by atoms with Crippen LogP contribution in [0.1, 0.15) is 43.0 Å². The number of amides is 3. The summed E-state index contributed by atoms with van der Waals surface area (Å²) >= 11 is 0. The summed E-state index contributed by atoms with van der Waals surface area (Å²) in [5.74, 6) is 0.0375. The van der Waals surface area contributed by atoms with E-state index in [-0.39, 0.29) is 11.9 Å². The number of hydrogen-bond acceptors (Lipinski definition) is 3. The Kier molecular flexibility index (Phi) is 7.55. The van der Waals surface area contributed by atoms with E-state index in [2.05, 4.69) is 10.6 Å². The fourth-order valence-electron chi connectivity index (χ4n) is 2.71. The first kappa shape index (κ1) is 18.3. The maximum atomic E-state index is 12.5. The van der Waals surface area contributed by atoms with Crippen molar-refractivity contribution >= 4 is 17.6 Å². The molecule has 132 valence electrons. The van der Waals surface area contributed by atoms with Gasteiger partial charge in [0.2, 0.25) is 0 Å². The Balaban J connectivity index is 1.83. The number of benzene rings is 1. The van der Waals surface area contributed by atoms with Gasteiger partial charge >= 0.3 is 6.03 Å². The summed E-state index contributed by atoms with van der Waals surface area (Å²) in [5.41, 5.74) is 1.24. The smallest absolute Gasteiger partial charge is 0.319 e. The summed E-state index contributed by atoms with van der Waals surface area (Å²) < 4.78 is 5.22. The molecule has 6 heteroatoms. The van der Waals surface area contributed by atoms with Gasteiger partial charge in [-0.1, -0.05) is 6.07 Å². The highest BCUT2D eigenvalue weighted by Crippen LogP contribution is 2.16. The van der Waals surface area contributed by atoms with Gasteiger partial charge < -0.3 is 20.3 Å². The van der Waals surface area contributed by atoms with Crippen molar-refractivity contribution in [3.63, 3.8) is 0 Å². The fraction of sp³-hybridized carbons (Fsp3) is 0.556. The molecule has 1 aliphatic rings. The Morgan fingerprint density at radius 2 is 2.00 bits per heavy atom. The minimum Gasteiger partial charge on any atom is -0.382 e. The Labute approximate surface area is 143 Å². The average molecular weight is 333 g/mol. The van der Waals surface area contributed by atoms with E-state index in [1.54, 1.807) is 24.3 Å². The number of urea groups is 1. The van der Waals surface area contributed by atoms with E-state index in [4.69, 9.17) is 4.74 Å². The van der Waals surface area contributed by atoms with Crippen LogP contribution in [0.3, 0.4) is 0 Å². The minimum atomic E-state index is -0.269. The van der Waals surface area contributed by atoms with Crippen LogP contribution in [0.2, 0.25) is 0 Å². The number of anilines is 1. The van der Waals surface area contributed by atoms with Crippen molar-refractivity contribution in [1.82, 2.24) is 10.2 Å². The van der Waals surface area contributed by atoms with E-state index < -0.39 is 0 Å². The fourth-order valence-corrected chi connectivity index (χ4v) is 2.71. The third kappa shape index (κ3) is 5.85. The van der Waals surface area contributed by atoms with Gasteiger partial charge in [-0.2, -0.15) is 0 Å². The van der Waals surface area contributed by atoms with E-state index in [1.165, 1.54) is 6.42 Å². The summed E-state index contributed by atoms with van der Waals surface area (Å²) in [5, 5.41) is 5.55. The van der Waals surface area contributed by atoms with Crippen LogP contribution >= 0.6 is 0 Å². The number of carbonyl (C=O) groups excluding carboxylic acids is 2. The maximum absolute atomic E-state index is 12.5.